The molecule has 1 aliphatic rings. The lowest BCUT2D eigenvalue weighted by Crippen LogP contribution is -2.44. The lowest BCUT2D eigenvalue weighted by atomic mass is 9.96. The van der Waals surface area contributed by atoms with E-state index in [2.05, 4.69) is 15.0 Å². The van der Waals surface area contributed by atoms with Crippen LogP contribution in [0.2, 0.25) is 0 Å². The van der Waals surface area contributed by atoms with Crippen LogP contribution in [0.3, 0.4) is 0 Å². The Labute approximate surface area is 156 Å². The van der Waals surface area contributed by atoms with Crippen LogP contribution in [0, 0.1) is 12.8 Å². The van der Waals surface area contributed by atoms with Gasteiger partial charge in [0.25, 0.3) is 5.91 Å². The number of imidazole rings is 1. The molecule has 3 aromatic rings. The molecule has 0 aliphatic carbocycles. The first-order chi connectivity index (χ1) is 13.0. The molecule has 1 atom stereocenters. The van der Waals surface area contributed by atoms with E-state index < -0.39 is 0 Å². The van der Waals surface area contributed by atoms with Gasteiger partial charge >= 0.3 is 0 Å². The Hall–Kier alpha value is -3.22. The van der Waals surface area contributed by atoms with Crippen molar-refractivity contribution in [1.82, 2.24) is 19.9 Å². The number of hydrogen-bond donors (Lipinski definition) is 2. The fraction of sp³-hybridized carbons (Fsp3) is 0.300. The third-order valence-corrected chi connectivity index (χ3v) is 5.01. The van der Waals surface area contributed by atoms with Crippen molar-refractivity contribution in [1.29, 1.82) is 0 Å². The Morgan fingerprint density at radius 2 is 2.11 bits per heavy atom. The second-order valence-electron chi connectivity index (χ2n) is 6.99. The van der Waals surface area contributed by atoms with Gasteiger partial charge in [0.15, 0.2) is 5.65 Å². The number of primary amides is 1. The molecule has 7 nitrogen and oxygen atoms in total. The van der Waals surface area contributed by atoms with Gasteiger partial charge in [-0.2, -0.15) is 0 Å². The third-order valence-electron chi connectivity index (χ3n) is 5.01. The van der Waals surface area contributed by atoms with E-state index in [0.717, 1.165) is 35.3 Å². The van der Waals surface area contributed by atoms with E-state index in [9.17, 15) is 9.59 Å². The monoisotopic (exact) mass is 363 g/mol. The van der Waals surface area contributed by atoms with Gasteiger partial charge in [-0.25, -0.2) is 9.97 Å². The fourth-order valence-electron chi connectivity index (χ4n) is 3.59. The Kier molecular flexibility index (Phi) is 4.35. The number of fused-ring (bicyclic) bond motifs is 1. The van der Waals surface area contributed by atoms with Gasteiger partial charge in [-0.15, -0.1) is 0 Å². The zero-order chi connectivity index (χ0) is 19.0. The molecule has 0 spiro atoms. The summed E-state index contributed by atoms with van der Waals surface area (Å²) in [7, 11) is 0. The molecule has 2 aromatic heterocycles. The molecule has 1 aromatic carbocycles. The van der Waals surface area contributed by atoms with E-state index in [0.29, 0.717) is 24.3 Å². The molecule has 1 saturated heterocycles. The van der Waals surface area contributed by atoms with Gasteiger partial charge in [0.1, 0.15) is 5.82 Å². The van der Waals surface area contributed by atoms with Crippen molar-refractivity contribution in [2.45, 2.75) is 19.8 Å². The number of H-pyrrole nitrogens is 1. The van der Waals surface area contributed by atoms with Crippen LogP contribution in [0.1, 0.15) is 29.0 Å². The topological polar surface area (TPSA) is 105 Å². The van der Waals surface area contributed by atoms with E-state index in [1.54, 1.807) is 17.2 Å². The highest BCUT2D eigenvalue weighted by Gasteiger charge is 2.27. The number of likely N-dealkylation sites (tertiary alicyclic amines) is 1. The minimum Gasteiger partial charge on any atom is -0.369 e. The number of aromatic nitrogens is 3. The minimum atomic E-state index is -0.338. The summed E-state index contributed by atoms with van der Waals surface area (Å²) in [5.74, 6) is 0.137. The highest BCUT2D eigenvalue weighted by atomic mass is 16.2. The van der Waals surface area contributed by atoms with Crippen LogP contribution in [0.25, 0.3) is 22.3 Å². The number of aryl methyl sites for hydroxylation is 1. The summed E-state index contributed by atoms with van der Waals surface area (Å²) in [6.07, 6.45) is 3.30. The van der Waals surface area contributed by atoms with E-state index in [1.165, 1.54) is 0 Å². The standard InChI is InChI=1S/C20H21N5O2/c1-12-23-17-9-16(10-22-19(17)24-12)13-4-2-5-14(8-13)20(27)25-7-3-6-15(11-25)18(21)26/h2,4-5,8-10,15H,3,6-7,11H2,1H3,(H2,21,26)(H,22,23,24). The Morgan fingerprint density at radius 3 is 2.93 bits per heavy atom. The minimum absolute atomic E-state index is 0.0748. The molecular formula is C20H21N5O2. The maximum Gasteiger partial charge on any atom is 0.253 e. The number of nitrogens with zero attached hydrogens (tertiary/aromatic N) is 3. The molecule has 0 saturated carbocycles. The van der Waals surface area contributed by atoms with Crippen molar-refractivity contribution in [2.24, 2.45) is 11.7 Å². The zero-order valence-corrected chi connectivity index (χ0v) is 15.1. The van der Waals surface area contributed by atoms with Gasteiger partial charge in [-0.1, -0.05) is 12.1 Å². The average Bonchev–Trinajstić information content (AvgIpc) is 3.06. The van der Waals surface area contributed by atoms with Crippen molar-refractivity contribution in [3.8, 4) is 11.1 Å². The van der Waals surface area contributed by atoms with Crippen LogP contribution in [0.4, 0.5) is 0 Å². The van der Waals surface area contributed by atoms with Crippen molar-refractivity contribution in [2.75, 3.05) is 13.1 Å². The molecule has 138 valence electrons. The van der Waals surface area contributed by atoms with Crippen LogP contribution >= 0.6 is 0 Å². The molecule has 1 fully saturated rings. The average molecular weight is 363 g/mol. The number of benzene rings is 1. The predicted octanol–water partition coefficient (Wildman–Crippen LogP) is 2.27. The van der Waals surface area contributed by atoms with Gasteiger partial charge < -0.3 is 15.6 Å². The summed E-state index contributed by atoms with van der Waals surface area (Å²) in [4.78, 5) is 38.0. The van der Waals surface area contributed by atoms with Crippen LogP contribution in [-0.2, 0) is 4.79 Å². The highest BCUT2D eigenvalue weighted by molar-refractivity contribution is 5.96. The number of rotatable bonds is 3. The van der Waals surface area contributed by atoms with Gasteiger partial charge in [0.2, 0.25) is 5.91 Å². The fourth-order valence-corrected chi connectivity index (χ4v) is 3.59. The van der Waals surface area contributed by atoms with E-state index in [-0.39, 0.29) is 17.7 Å². The number of nitrogens with two attached hydrogens (primary N) is 1. The number of pyridine rings is 1. The molecule has 3 heterocycles. The molecule has 1 unspecified atom stereocenters. The van der Waals surface area contributed by atoms with Crippen LogP contribution in [0.5, 0.6) is 0 Å². The first-order valence-corrected chi connectivity index (χ1v) is 9.02. The summed E-state index contributed by atoms with van der Waals surface area (Å²) in [6.45, 7) is 2.92. The summed E-state index contributed by atoms with van der Waals surface area (Å²) < 4.78 is 0. The lowest BCUT2D eigenvalue weighted by molar-refractivity contribution is -0.123. The van der Waals surface area contributed by atoms with Crippen molar-refractivity contribution in [3.05, 3.63) is 47.9 Å². The van der Waals surface area contributed by atoms with Crippen LogP contribution in [0.15, 0.2) is 36.5 Å². The van der Waals surface area contributed by atoms with Gasteiger partial charge in [0, 0.05) is 30.4 Å². The van der Waals surface area contributed by atoms with Gasteiger partial charge in [-0.05, 0) is 43.5 Å². The van der Waals surface area contributed by atoms with E-state index in [1.807, 2.05) is 31.2 Å². The van der Waals surface area contributed by atoms with E-state index >= 15 is 0 Å². The molecule has 0 bridgehead atoms. The zero-order valence-electron chi connectivity index (χ0n) is 15.1. The van der Waals surface area contributed by atoms with E-state index in [4.69, 9.17) is 5.73 Å². The highest BCUT2D eigenvalue weighted by Crippen LogP contribution is 2.24. The number of carbonyl (C=O) groups excluding carboxylic acids is 2. The molecular weight excluding hydrogens is 342 g/mol. The molecule has 4 rings (SSSR count). The molecule has 1 aliphatic heterocycles. The third kappa shape index (κ3) is 3.40. The largest absolute Gasteiger partial charge is 0.369 e. The summed E-state index contributed by atoms with van der Waals surface area (Å²) in [5, 5.41) is 0. The smallest absolute Gasteiger partial charge is 0.253 e. The van der Waals surface area contributed by atoms with Gasteiger partial charge in [0.05, 0.1) is 11.4 Å². The maximum atomic E-state index is 12.9. The van der Waals surface area contributed by atoms with Crippen LogP contribution in [-0.4, -0.2) is 44.8 Å². The first-order valence-electron chi connectivity index (χ1n) is 9.02. The normalized spacial score (nSPS) is 17.2. The lowest BCUT2D eigenvalue weighted by Gasteiger charge is -2.31. The summed E-state index contributed by atoms with van der Waals surface area (Å²) >= 11 is 0. The number of aromatic amines is 1. The van der Waals surface area contributed by atoms with Gasteiger partial charge in [-0.3, -0.25) is 9.59 Å². The molecule has 27 heavy (non-hydrogen) atoms. The number of hydrogen-bond acceptors (Lipinski definition) is 4. The number of piperidine rings is 1. The summed E-state index contributed by atoms with van der Waals surface area (Å²) in [5.41, 5.74) is 9.38. The first kappa shape index (κ1) is 17.2. The number of amides is 2. The summed E-state index contributed by atoms with van der Waals surface area (Å²) in [6, 6.07) is 9.45. The molecule has 0 radical (unpaired) electrons. The van der Waals surface area contributed by atoms with Crippen LogP contribution < -0.4 is 5.73 Å². The number of nitrogens with one attached hydrogen (secondary N) is 1. The SMILES string of the molecule is Cc1nc2ncc(-c3cccc(C(=O)N4CCCC(C(N)=O)C4)c3)cc2[nH]1. The molecule has 3 N–H and O–H groups in total. The predicted molar refractivity (Wildman–Crippen MR) is 102 cm³/mol. The Bertz CT molecular complexity index is 1030. The second-order valence-corrected chi connectivity index (χ2v) is 6.99. The van der Waals surface area contributed by atoms with Crippen molar-refractivity contribution < 1.29 is 9.59 Å². The maximum absolute atomic E-state index is 12.9. The van der Waals surface area contributed by atoms with Crippen molar-refractivity contribution in [3.63, 3.8) is 0 Å². The second kappa shape index (κ2) is 6.83. The number of carbonyl (C=O) groups is 2. The molecule has 7 heteroatoms. The molecule has 2 amide bonds. The van der Waals surface area contributed by atoms with Crippen molar-refractivity contribution >= 4 is 23.0 Å². The Morgan fingerprint density at radius 1 is 1.26 bits per heavy atom. The Balaban J connectivity index is 1.61. The quantitative estimate of drug-likeness (QED) is 0.744.